The number of halogens is 4. The number of rotatable bonds is 9. The Hall–Kier alpha value is -3.08. The van der Waals surface area contributed by atoms with E-state index in [2.05, 4.69) is 13.0 Å². The van der Waals surface area contributed by atoms with Gasteiger partial charge in [0.05, 0.1) is 17.2 Å². The molecule has 0 spiro atoms. The van der Waals surface area contributed by atoms with Gasteiger partial charge in [0.2, 0.25) is 5.91 Å². The highest BCUT2D eigenvalue weighted by atomic mass is 19.4. The molecule has 0 N–H and O–H groups in total. The lowest BCUT2D eigenvalue weighted by Gasteiger charge is -2.33. The molecule has 0 bridgehead atoms. The fourth-order valence-corrected chi connectivity index (χ4v) is 5.03. The largest absolute Gasteiger partial charge is 0.416 e. The molecule has 0 unspecified atom stereocenters. The summed E-state index contributed by atoms with van der Waals surface area (Å²) in [6, 6.07) is 10.2. The Labute approximate surface area is 209 Å². The van der Waals surface area contributed by atoms with Gasteiger partial charge in [0.15, 0.2) is 0 Å². The van der Waals surface area contributed by atoms with Gasteiger partial charge in [-0.25, -0.2) is 4.39 Å². The zero-order chi connectivity index (χ0) is 25.9. The van der Waals surface area contributed by atoms with E-state index in [1.165, 1.54) is 6.07 Å². The molecule has 1 amide bonds. The average molecular weight is 502 g/mol. The van der Waals surface area contributed by atoms with E-state index in [-0.39, 0.29) is 24.1 Å². The van der Waals surface area contributed by atoms with Crippen molar-refractivity contribution in [3.05, 3.63) is 64.5 Å². The van der Waals surface area contributed by atoms with Crippen molar-refractivity contribution in [3.8, 4) is 6.07 Å². The number of hydrogen-bond acceptors (Lipinski definition) is 3. The lowest BCUT2D eigenvalue weighted by molar-refractivity contribution is -0.138. The molecule has 2 aromatic rings. The Balaban J connectivity index is 1.66. The highest BCUT2D eigenvalue weighted by Gasteiger charge is 2.37. The quantitative estimate of drug-likeness (QED) is 0.281. The Morgan fingerprint density at radius 3 is 2.58 bits per heavy atom. The monoisotopic (exact) mass is 501 g/mol. The number of nitriles is 1. The van der Waals surface area contributed by atoms with Crippen LogP contribution in [0.3, 0.4) is 0 Å². The van der Waals surface area contributed by atoms with Crippen molar-refractivity contribution < 1.29 is 22.4 Å². The molecule has 1 atom stereocenters. The van der Waals surface area contributed by atoms with Crippen molar-refractivity contribution >= 4 is 11.6 Å². The number of nitrogens with zero attached hydrogens (tertiary/aromatic N) is 3. The van der Waals surface area contributed by atoms with Gasteiger partial charge in [0.1, 0.15) is 5.82 Å². The molecule has 0 radical (unpaired) electrons. The minimum Gasteiger partial charge on any atom is -0.362 e. The van der Waals surface area contributed by atoms with Gasteiger partial charge >= 0.3 is 6.18 Å². The molecule has 36 heavy (non-hydrogen) atoms. The van der Waals surface area contributed by atoms with Gasteiger partial charge in [0, 0.05) is 37.8 Å². The molecule has 4 rings (SSSR count). The molecule has 192 valence electrons. The standard InChI is InChI=1S/C28H31F4N3O/c1-2-3-4-5-27(36)34-13-12-24(18-34)35(17-21-8-10-22(29)14-26(21)28(30,31)32)23-11-9-20(16-33)25(15-23)19-6-7-19/h8-11,14-15,19,24H,2-7,12-13,17-18H2,1H3/t24-/m0/s1. The van der Waals surface area contributed by atoms with Crippen LogP contribution in [0, 0.1) is 17.1 Å². The maximum absolute atomic E-state index is 13.8. The van der Waals surface area contributed by atoms with E-state index >= 15 is 0 Å². The molecule has 0 aromatic heterocycles. The zero-order valence-electron chi connectivity index (χ0n) is 20.5. The van der Waals surface area contributed by atoms with Crippen LogP contribution in [-0.2, 0) is 17.5 Å². The average Bonchev–Trinajstić information content (AvgIpc) is 3.58. The highest BCUT2D eigenvalue weighted by molar-refractivity contribution is 5.76. The van der Waals surface area contributed by atoms with Gasteiger partial charge in [-0.15, -0.1) is 0 Å². The van der Waals surface area contributed by atoms with Crippen molar-refractivity contribution in [1.29, 1.82) is 5.26 Å². The van der Waals surface area contributed by atoms with E-state index < -0.39 is 17.6 Å². The van der Waals surface area contributed by atoms with Crippen LogP contribution in [0.25, 0.3) is 0 Å². The van der Waals surface area contributed by atoms with Crippen molar-refractivity contribution in [2.75, 3.05) is 18.0 Å². The molecule has 2 fully saturated rings. The lowest BCUT2D eigenvalue weighted by atomic mass is 10.0. The van der Waals surface area contributed by atoms with Gasteiger partial charge in [-0.2, -0.15) is 18.4 Å². The Bertz CT molecular complexity index is 1140. The van der Waals surface area contributed by atoms with E-state index in [4.69, 9.17) is 0 Å². The van der Waals surface area contributed by atoms with E-state index in [1.807, 2.05) is 11.0 Å². The summed E-state index contributed by atoms with van der Waals surface area (Å²) in [7, 11) is 0. The summed E-state index contributed by atoms with van der Waals surface area (Å²) in [5.74, 6) is -0.572. The fraction of sp³-hybridized carbons (Fsp3) is 0.500. The molecule has 1 saturated carbocycles. The topological polar surface area (TPSA) is 47.3 Å². The van der Waals surface area contributed by atoms with Crippen LogP contribution >= 0.6 is 0 Å². The minimum absolute atomic E-state index is 0.0195. The normalized spacial score (nSPS) is 17.8. The third-order valence-electron chi connectivity index (χ3n) is 7.17. The zero-order valence-corrected chi connectivity index (χ0v) is 20.5. The summed E-state index contributed by atoms with van der Waals surface area (Å²) in [6.45, 7) is 2.97. The summed E-state index contributed by atoms with van der Waals surface area (Å²) in [5.41, 5.74) is 1.21. The molecular weight excluding hydrogens is 470 g/mol. The summed E-state index contributed by atoms with van der Waals surface area (Å²) in [4.78, 5) is 16.4. The molecule has 1 aliphatic carbocycles. The van der Waals surface area contributed by atoms with E-state index in [0.717, 1.165) is 49.4 Å². The number of unbranched alkanes of at least 4 members (excludes halogenated alkanes) is 2. The van der Waals surface area contributed by atoms with Crippen molar-refractivity contribution in [1.82, 2.24) is 4.90 Å². The number of carbonyl (C=O) groups is 1. The predicted octanol–water partition coefficient (Wildman–Crippen LogP) is 6.78. The van der Waals surface area contributed by atoms with E-state index in [0.29, 0.717) is 43.5 Å². The van der Waals surface area contributed by atoms with Gasteiger partial charge < -0.3 is 9.80 Å². The van der Waals surface area contributed by atoms with Crippen molar-refractivity contribution in [2.45, 2.75) is 76.6 Å². The maximum Gasteiger partial charge on any atom is 0.416 e. The highest BCUT2D eigenvalue weighted by Crippen LogP contribution is 2.43. The Morgan fingerprint density at radius 2 is 1.92 bits per heavy atom. The number of hydrogen-bond donors (Lipinski definition) is 0. The number of likely N-dealkylation sites (tertiary alicyclic amines) is 1. The SMILES string of the molecule is CCCCCC(=O)N1CC[C@H](N(Cc2ccc(F)cc2C(F)(F)F)c2ccc(C#N)c(C3CC3)c2)C1. The molecule has 1 saturated heterocycles. The number of anilines is 1. The maximum atomic E-state index is 13.8. The van der Waals surface area contributed by atoms with Gasteiger partial charge in [-0.1, -0.05) is 25.8 Å². The van der Waals surface area contributed by atoms with Crippen molar-refractivity contribution in [3.63, 3.8) is 0 Å². The van der Waals surface area contributed by atoms with Crippen LogP contribution in [0.4, 0.5) is 23.2 Å². The lowest BCUT2D eigenvalue weighted by Crippen LogP contribution is -2.39. The third-order valence-corrected chi connectivity index (χ3v) is 7.17. The van der Waals surface area contributed by atoms with Gasteiger partial charge in [-0.05, 0) is 73.1 Å². The number of carbonyl (C=O) groups excluding carboxylic acids is 1. The first-order chi connectivity index (χ1) is 17.2. The second-order valence-electron chi connectivity index (χ2n) is 9.82. The fourth-order valence-electron chi connectivity index (χ4n) is 5.03. The van der Waals surface area contributed by atoms with E-state index in [1.54, 1.807) is 17.0 Å². The first-order valence-corrected chi connectivity index (χ1v) is 12.6. The number of amides is 1. The number of alkyl halides is 3. The molecule has 8 heteroatoms. The summed E-state index contributed by atoms with van der Waals surface area (Å²) in [5, 5.41) is 9.54. The second-order valence-corrected chi connectivity index (χ2v) is 9.82. The van der Waals surface area contributed by atoms with E-state index in [9.17, 15) is 27.6 Å². The summed E-state index contributed by atoms with van der Waals surface area (Å²) >= 11 is 0. The molecule has 4 nitrogen and oxygen atoms in total. The van der Waals surface area contributed by atoms with Crippen LogP contribution < -0.4 is 4.90 Å². The van der Waals surface area contributed by atoms with Crippen LogP contribution in [0.5, 0.6) is 0 Å². The third kappa shape index (κ3) is 6.00. The number of benzene rings is 2. The Kier molecular flexibility index (Phi) is 7.87. The summed E-state index contributed by atoms with van der Waals surface area (Å²) in [6.07, 6.45) is 1.20. The van der Waals surface area contributed by atoms with Crippen LogP contribution in [-0.4, -0.2) is 29.9 Å². The first kappa shape index (κ1) is 26.0. The van der Waals surface area contributed by atoms with Gasteiger partial charge in [-0.3, -0.25) is 4.79 Å². The van der Waals surface area contributed by atoms with Gasteiger partial charge in [0.25, 0.3) is 0 Å². The molecule has 2 aromatic carbocycles. The second kappa shape index (κ2) is 10.9. The minimum atomic E-state index is -4.69. The van der Waals surface area contributed by atoms with Crippen LogP contribution in [0.15, 0.2) is 36.4 Å². The Morgan fingerprint density at radius 1 is 1.14 bits per heavy atom. The smallest absolute Gasteiger partial charge is 0.362 e. The van der Waals surface area contributed by atoms with Crippen LogP contribution in [0.1, 0.15) is 80.0 Å². The molecule has 1 aliphatic heterocycles. The van der Waals surface area contributed by atoms with Crippen molar-refractivity contribution in [2.24, 2.45) is 0 Å². The molecular formula is C28H31F4N3O. The first-order valence-electron chi connectivity index (χ1n) is 12.6. The molecule has 2 aliphatic rings. The van der Waals surface area contributed by atoms with Crippen LogP contribution in [0.2, 0.25) is 0 Å². The summed E-state index contributed by atoms with van der Waals surface area (Å²) < 4.78 is 55.1. The molecule has 1 heterocycles. The predicted molar refractivity (Wildman–Crippen MR) is 130 cm³/mol.